The lowest BCUT2D eigenvalue weighted by molar-refractivity contribution is -0.144. The molecular formula is C18H21FN2O3. The van der Waals surface area contributed by atoms with Crippen molar-refractivity contribution >= 4 is 22.8 Å². The zero-order chi connectivity index (χ0) is 17.1. The number of hydrogen-bond donors (Lipinski definition) is 3. The highest BCUT2D eigenvalue weighted by atomic mass is 19.1. The number of aliphatic carboxylic acids is 1. The average Bonchev–Trinajstić information content (AvgIpc) is 2.97. The van der Waals surface area contributed by atoms with Crippen molar-refractivity contribution in [2.75, 3.05) is 6.54 Å². The summed E-state index contributed by atoms with van der Waals surface area (Å²) in [5.74, 6) is -1.42. The van der Waals surface area contributed by atoms with Crippen LogP contribution in [0.5, 0.6) is 0 Å². The van der Waals surface area contributed by atoms with Gasteiger partial charge in [-0.25, -0.2) is 4.39 Å². The Kier molecular flexibility index (Phi) is 4.83. The Bertz CT molecular complexity index is 748. The van der Waals surface area contributed by atoms with Crippen molar-refractivity contribution in [3.05, 3.63) is 35.8 Å². The third kappa shape index (κ3) is 3.58. The first-order chi connectivity index (χ1) is 11.5. The van der Waals surface area contributed by atoms with Gasteiger partial charge >= 0.3 is 5.97 Å². The highest BCUT2D eigenvalue weighted by molar-refractivity contribution is 5.83. The lowest BCUT2D eigenvalue weighted by Gasteiger charge is -2.25. The van der Waals surface area contributed by atoms with Crippen molar-refractivity contribution in [3.63, 3.8) is 0 Å². The van der Waals surface area contributed by atoms with E-state index in [1.165, 1.54) is 12.1 Å². The largest absolute Gasteiger partial charge is 0.481 e. The van der Waals surface area contributed by atoms with Crippen LogP contribution in [0.4, 0.5) is 4.39 Å². The molecule has 3 N–H and O–H groups in total. The van der Waals surface area contributed by atoms with Crippen LogP contribution in [0.15, 0.2) is 24.4 Å². The summed E-state index contributed by atoms with van der Waals surface area (Å²) < 4.78 is 13.2. The van der Waals surface area contributed by atoms with E-state index in [9.17, 15) is 14.0 Å². The van der Waals surface area contributed by atoms with E-state index in [0.29, 0.717) is 38.6 Å². The van der Waals surface area contributed by atoms with Crippen LogP contribution in [-0.2, 0) is 16.0 Å². The van der Waals surface area contributed by atoms with Crippen LogP contribution in [0.2, 0.25) is 0 Å². The molecule has 1 heterocycles. The molecule has 0 bridgehead atoms. The minimum atomic E-state index is -0.760. The lowest BCUT2D eigenvalue weighted by Crippen LogP contribution is -2.35. The fourth-order valence-electron chi connectivity index (χ4n) is 3.43. The molecule has 0 atom stereocenters. The molecule has 1 aliphatic rings. The minimum Gasteiger partial charge on any atom is -0.481 e. The Morgan fingerprint density at radius 1 is 1.21 bits per heavy atom. The number of carboxylic acid groups (broad SMARTS) is 1. The van der Waals surface area contributed by atoms with E-state index in [4.69, 9.17) is 5.11 Å². The van der Waals surface area contributed by atoms with E-state index < -0.39 is 5.97 Å². The van der Waals surface area contributed by atoms with Gasteiger partial charge in [0.15, 0.2) is 0 Å². The Hall–Kier alpha value is -2.37. The summed E-state index contributed by atoms with van der Waals surface area (Å²) in [7, 11) is 0. The number of hydrogen-bond acceptors (Lipinski definition) is 2. The Labute approximate surface area is 139 Å². The van der Waals surface area contributed by atoms with Gasteiger partial charge in [-0.3, -0.25) is 9.59 Å². The molecule has 0 aliphatic heterocycles. The van der Waals surface area contributed by atoms with Crippen molar-refractivity contribution in [2.45, 2.75) is 32.1 Å². The van der Waals surface area contributed by atoms with E-state index in [-0.39, 0.29) is 23.6 Å². The van der Waals surface area contributed by atoms with Crippen LogP contribution in [-0.4, -0.2) is 28.5 Å². The van der Waals surface area contributed by atoms with Gasteiger partial charge in [-0.05, 0) is 55.9 Å². The van der Waals surface area contributed by atoms with Crippen molar-refractivity contribution in [3.8, 4) is 0 Å². The highest BCUT2D eigenvalue weighted by Gasteiger charge is 2.29. The monoisotopic (exact) mass is 332 g/mol. The average molecular weight is 332 g/mol. The first-order valence-electron chi connectivity index (χ1n) is 8.30. The molecule has 1 fully saturated rings. The fraction of sp³-hybridized carbons (Fsp3) is 0.444. The number of aromatic amines is 1. The number of amides is 1. The standard InChI is InChI=1S/C18H21FN2O3/c19-14-5-6-15-13(10-21-16(15)9-14)7-8-20-17(22)11-1-3-12(4-2-11)18(23)24/h5-6,9-12,21H,1-4,7-8H2,(H,20,22)(H,23,24). The smallest absolute Gasteiger partial charge is 0.306 e. The zero-order valence-corrected chi connectivity index (χ0v) is 13.3. The zero-order valence-electron chi connectivity index (χ0n) is 13.3. The predicted octanol–water partition coefficient (Wildman–Crippen LogP) is 2.86. The molecule has 0 saturated heterocycles. The number of carbonyl (C=O) groups excluding carboxylic acids is 1. The second kappa shape index (κ2) is 7.03. The summed E-state index contributed by atoms with van der Waals surface area (Å²) in [6, 6.07) is 4.63. The van der Waals surface area contributed by atoms with E-state index >= 15 is 0 Å². The molecule has 1 amide bonds. The van der Waals surface area contributed by atoms with Gasteiger partial charge in [-0.15, -0.1) is 0 Å². The summed E-state index contributed by atoms with van der Waals surface area (Å²) in [5, 5.41) is 12.9. The molecule has 2 aromatic rings. The maximum absolute atomic E-state index is 13.2. The van der Waals surface area contributed by atoms with Crippen LogP contribution in [0.1, 0.15) is 31.2 Å². The van der Waals surface area contributed by atoms with Gasteiger partial charge in [-0.2, -0.15) is 0 Å². The second-order valence-corrected chi connectivity index (χ2v) is 6.43. The van der Waals surface area contributed by atoms with Crippen molar-refractivity contribution in [1.82, 2.24) is 10.3 Å². The van der Waals surface area contributed by atoms with Crippen molar-refractivity contribution in [1.29, 1.82) is 0 Å². The quantitative estimate of drug-likeness (QED) is 0.787. The Morgan fingerprint density at radius 2 is 1.92 bits per heavy atom. The second-order valence-electron chi connectivity index (χ2n) is 6.43. The molecule has 1 aliphatic carbocycles. The summed E-state index contributed by atoms with van der Waals surface area (Å²) in [6.45, 7) is 0.516. The number of carboxylic acids is 1. The van der Waals surface area contributed by atoms with Gasteiger partial charge in [0.2, 0.25) is 5.91 Å². The SMILES string of the molecule is O=C(O)C1CCC(C(=O)NCCc2c[nH]c3cc(F)ccc23)CC1. The third-order valence-corrected chi connectivity index (χ3v) is 4.87. The van der Waals surface area contributed by atoms with E-state index in [1.54, 1.807) is 6.07 Å². The first-order valence-corrected chi connectivity index (χ1v) is 8.30. The normalized spacial score (nSPS) is 20.9. The number of fused-ring (bicyclic) bond motifs is 1. The molecule has 1 aromatic carbocycles. The maximum atomic E-state index is 13.2. The topological polar surface area (TPSA) is 82.2 Å². The highest BCUT2D eigenvalue weighted by Crippen LogP contribution is 2.29. The third-order valence-electron chi connectivity index (χ3n) is 4.87. The summed E-state index contributed by atoms with van der Waals surface area (Å²) in [6.07, 6.45) is 4.92. The predicted molar refractivity (Wildman–Crippen MR) is 88.1 cm³/mol. The number of halogens is 1. The van der Waals surface area contributed by atoms with Crippen LogP contribution >= 0.6 is 0 Å². The number of benzene rings is 1. The number of rotatable bonds is 5. The van der Waals surface area contributed by atoms with Crippen LogP contribution < -0.4 is 5.32 Å². The molecule has 3 rings (SSSR count). The Balaban J connectivity index is 1.49. The van der Waals surface area contributed by atoms with Crippen molar-refractivity contribution < 1.29 is 19.1 Å². The van der Waals surface area contributed by atoms with Gasteiger partial charge in [0.25, 0.3) is 0 Å². The van der Waals surface area contributed by atoms with Crippen molar-refractivity contribution in [2.24, 2.45) is 11.8 Å². The number of carbonyl (C=O) groups is 2. The fourth-order valence-corrected chi connectivity index (χ4v) is 3.43. The summed E-state index contributed by atoms with van der Waals surface area (Å²) >= 11 is 0. The molecular weight excluding hydrogens is 311 g/mol. The molecule has 0 radical (unpaired) electrons. The molecule has 1 aromatic heterocycles. The molecule has 1 saturated carbocycles. The molecule has 6 heteroatoms. The van der Waals surface area contributed by atoms with Gasteiger partial charge in [0, 0.05) is 29.6 Å². The summed E-state index contributed by atoms with van der Waals surface area (Å²) in [5.41, 5.74) is 1.79. The molecule has 0 unspecified atom stereocenters. The lowest BCUT2D eigenvalue weighted by atomic mass is 9.81. The summed E-state index contributed by atoms with van der Waals surface area (Å²) in [4.78, 5) is 26.2. The molecule has 0 spiro atoms. The maximum Gasteiger partial charge on any atom is 0.306 e. The van der Waals surface area contributed by atoms with Gasteiger partial charge in [-0.1, -0.05) is 0 Å². The van der Waals surface area contributed by atoms with E-state index in [1.807, 2.05) is 6.20 Å². The minimum absolute atomic E-state index is 0.00437. The van der Waals surface area contributed by atoms with Gasteiger partial charge in [0.1, 0.15) is 5.82 Å². The molecule has 5 nitrogen and oxygen atoms in total. The first kappa shape index (κ1) is 16.5. The van der Waals surface area contributed by atoms with Gasteiger partial charge in [0.05, 0.1) is 5.92 Å². The van der Waals surface area contributed by atoms with Crippen LogP contribution in [0, 0.1) is 17.7 Å². The number of nitrogens with one attached hydrogen (secondary N) is 2. The van der Waals surface area contributed by atoms with Crippen LogP contribution in [0.3, 0.4) is 0 Å². The van der Waals surface area contributed by atoms with Crippen LogP contribution in [0.25, 0.3) is 10.9 Å². The Morgan fingerprint density at radius 3 is 2.62 bits per heavy atom. The van der Waals surface area contributed by atoms with E-state index in [0.717, 1.165) is 16.5 Å². The molecule has 128 valence electrons. The number of aromatic nitrogens is 1. The molecule has 24 heavy (non-hydrogen) atoms. The van der Waals surface area contributed by atoms with E-state index in [2.05, 4.69) is 10.3 Å². The van der Waals surface area contributed by atoms with Gasteiger partial charge < -0.3 is 15.4 Å². The number of H-pyrrole nitrogens is 1.